The first-order chi connectivity index (χ1) is 8.88. The van der Waals surface area contributed by atoms with E-state index in [9.17, 15) is 0 Å². The second-order valence-electron chi connectivity index (χ2n) is 4.55. The van der Waals surface area contributed by atoms with E-state index in [1.54, 1.807) is 0 Å². The molecule has 0 unspecified atom stereocenters. The Kier molecular flexibility index (Phi) is 11.2. The normalized spacial score (nSPS) is 9.56. The number of hydrogen-bond donors (Lipinski definition) is 0. The Labute approximate surface area is 112 Å². The van der Waals surface area contributed by atoms with Crippen molar-refractivity contribution in [3.63, 3.8) is 0 Å². The second kappa shape index (κ2) is 12.1. The molecule has 2 heteroatoms. The van der Waals surface area contributed by atoms with Crippen LogP contribution in [-0.2, 0) is 13.0 Å². The first kappa shape index (κ1) is 16.6. The lowest BCUT2D eigenvalue weighted by molar-refractivity contribution is -0.704. The van der Waals surface area contributed by atoms with E-state index in [4.69, 9.17) is 11.8 Å². The quantitative estimate of drug-likeness (QED) is 0.387. The Morgan fingerprint density at radius 1 is 1.00 bits per heavy atom. The smallest absolute Gasteiger partial charge is 0.181 e. The second-order valence-corrected chi connectivity index (χ2v) is 4.55. The Bertz CT molecular complexity index is 318. The zero-order chi connectivity index (χ0) is 13.6. The van der Waals surface area contributed by atoms with Gasteiger partial charge in [-0.3, -0.25) is 0 Å². The Morgan fingerprint density at radius 2 is 1.72 bits per heavy atom. The fourth-order valence-corrected chi connectivity index (χ4v) is 2.10. The fraction of sp³-hybridized carbons (Fsp3) is 0.625. The van der Waals surface area contributed by atoms with Crippen molar-refractivity contribution in [2.75, 3.05) is 0 Å². The van der Waals surface area contributed by atoms with E-state index in [0.29, 0.717) is 0 Å². The molecule has 0 radical (unpaired) electrons. The molecule has 0 aliphatic heterocycles. The lowest BCUT2D eigenvalue weighted by Crippen LogP contribution is -2.37. The average Bonchev–Trinajstić information content (AvgIpc) is 2.43. The maximum absolute atomic E-state index is 6.25. The van der Waals surface area contributed by atoms with Gasteiger partial charge in [0, 0.05) is 25.0 Å². The average molecular weight is 246 g/mol. The number of hydrogen-bond acceptors (Lipinski definition) is 1. The molecule has 0 N–H and O–H groups in total. The van der Waals surface area contributed by atoms with Gasteiger partial charge in [-0.05, 0) is 12.8 Å². The van der Waals surface area contributed by atoms with E-state index in [0.717, 1.165) is 0 Å². The van der Waals surface area contributed by atoms with Crippen LogP contribution in [0, 0.1) is 11.8 Å². The molecule has 0 fully saturated rings. The molecule has 0 aliphatic rings. The summed E-state index contributed by atoms with van der Waals surface area (Å²) in [5, 5.41) is 6.25. The predicted molar refractivity (Wildman–Crippen MR) is 74.4 cm³/mol. The minimum Gasteiger partial charge on any atom is -0.512 e. The number of nitrogens with zero attached hydrogens (tertiary/aromatic N) is 2. The summed E-state index contributed by atoms with van der Waals surface area (Å²) in [5.74, 6) is 0. The van der Waals surface area contributed by atoms with Crippen molar-refractivity contribution in [2.45, 2.75) is 65.3 Å². The SMILES string of the molecule is CCCCCCC[n+]1ccccc1CCC.[C-]#N. The molecular weight excluding hydrogens is 220 g/mol. The Balaban J connectivity index is 0.00000137. The van der Waals surface area contributed by atoms with Crippen molar-refractivity contribution in [3.05, 3.63) is 36.7 Å². The zero-order valence-electron chi connectivity index (χ0n) is 11.9. The molecule has 2 nitrogen and oxygen atoms in total. The molecule has 0 aromatic carbocycles. The van der Waals surface area contributed by atoms with Crippen molar-refractivity contribution >= 4 is 0 Å². The summed E-state index contributed by atoms with van der Waals surface area (Å²) in [7, 11) is 0. The number of pyridine rings is 1. The van der Waals surface area contributed by atoms with Crippen LogP contribution in [0.2, 0.25) is 0 Å². The van der Waals surface area contributed by atoms with E-state index < -0.39 is 0 Å². The molecule has 1 aromatic heterocycles. The van der Waals surface area contributed by atoms with E-state index in [1.165, 1.54) is 57.2 Å². The van der Waals surface area contributed by atoms with E-state index in [-0.39, 0.29) is 0 Å². The van der Waals surface area contributed by atoms with Gasteiger partial charge in [-0.2, -0.15) is 0 Å². The molecule has 0 amide bonds. The summed E-state index contributed by atoms with van der Waals surface area (Å²) < 4.78 is 2.43. The largest absolute Gasteiger partial charge is 0.512 e. The minimum absolute atomic E-state index is 1.19. The van der Waals surface area contributed by atoms with Crippen LogP contribution in [-0.4, -0.2) is 0 Å². The first-order valence-electron chi connectivity index (χ1n) is 7.08. The summed E-state index contributed by atoms with van der Waals surface area (Å²) in [6.07, 6.45) is 11.5. The maximum atomic E-state index is 6.25. The van der Waals surface area contributed by atoms with Gasteiger partial charge in [0.25, 0.3) is 0 Å². The Hall–Kier alpha value is -1.36. The molecule has 0 aliphatic carbocycles. The summed E-state index contributed by atoms with van der Waals surface area (Å²) in [6, 6.07) is 6.55. The molecule has 1 heterocycles. The maximum Gasteiger partial charge on any atom is 0.181 e. The first-order valence-corrected chi connectivity index (χ1v) is 7.08. The van der Waals surface area contributed by atoms with Crippen LogP contribution < -0.4 is 4.57 Å². The molecule has 0 bridgehead atoms. The highest BCUT2D eigenvalue weighted by molar-refractivity contribution is 4.97. The highest BCUT2D eigenvalue weighted by Gasteiger charge is 2.07. The highest BCUT2D eigenvalue weighted by Crippen LogP contribution is 2.03. The molecule has 1 rings (SSSR count). The molecule has 100 valence electrons. The topological polar surface area (TPSA) is 27.7 Å². The molecule has 1 aromatic rings. The van der Waals surface area contributed by atoms with Gasteiger partial charge in [-0.1, -0.05) is 39.2 Å². The van der Waals surface area contributed by atoms with Gasteiger partial charge in [-0.25, -0.2) is 4.57 Å². The minimum atomic E-state index is 1.19. The predicted octanol–water partition coefficient (Wildman–Crippen LogP) is 3.99. The number of aryl methyl sites for hydroxylation is 2. The van der Waals surface area contributed by atoms with Crippen molar-refractivity contribution < 1.29 is 4.57 Å². The highest BCUT2D eigenvalue weighted by atomic mass is 14.9. The van der Waals surface area contributed by atoms with Gasteiger partial charge >= 0.3 is 0 Å². The zero-order valence-corrected chi connectivity index (χ0v) is 11.9. The van der Waals surface area contributed by atoms with Crippen molar-refractivity contribution in [1.29, 1.82) is 5.26 Å². The molecule has 0 saturated heterocycles. The van der Waals surface area contributed by atoms with E-state index >= 15 is 0 Å². The fourth-order valence-electron chi connectivity index (χ4n) is 2.10. The molecule has 18 heavy (non-hydrogen) atoms. The third-order valence-corrected chi connectivity index (χ3v) is 3.04. The van der Waals surface area contributed by atoms with Crippen LogP contribution in [0.25, 0.3) is 0 Å². The standard InChI is InChI=1S/C15H26N.CN/c1-3-5-6-7-9-13-16-14-10-8-12-15(16)11-4-2;1-2/h8,10,12,14H,3-7,9,11,13H2,1-2H3;/q+1;-1. The summed E-state index contributed by atoms with van der Waals surface area (Å²) in [6.45, 7) is 10.5. The van der Waals surface area contributed by atoms with Gasteiger partial charge in [0.05, 0.1) is 0 Å². The molecular formula is C16H26N2. The molecule has 0 spiro atoms. The van der Waals surface area contributed by atoms with Crippen LogP contribution in [0.5, 0.6) is 0 Å². The van der Waals surface area contributed by atoms with Crippen LogP contribution in [0.4, 0.5) is 0 Å². The third-order valence-electron chi connectivity index (χ3n) is 3.04. The van der Waals surface area contributed by atoms with Gasteiger partial charge in [0.1, 0.15) is 6.54 Å². The van der Waals surface area contributed by atoms with Gasteiger partial charge < -0.3 is 11.8 Å². The molecule has 0 atom stereocenters. The van der Waals surface area contributed by atoms with Gasteiger partial charge in [0.15, 0.2) is 11.9 Å². The Morgan fingerprint density at radius 3 is 2.39 bits per heavy atom. The summed E-state index contributed by atoms with van der Waals surface area (Å²) >= 11 is 0. The van der Waals surface area contributed by atoms with E-state index in [1.807, 2.05) is 0 Å². The molecule has 0 saturated carbocycles. The van der Waals surface area contributed by atoms with Gasteiger partial charge in [0.2, 0.25) is 0 Å². The number of aromatic nitrogens is 1. The van der Waals surface area contributed by atoms with E-state index in [2.05, 4.69) is 42.8 Å². The third kappa shape index (κ3) is 7.06. The summed E-state index contributed by atoms with van der Waals surface area (Å²) in [5.41, 5.74) is 1.49. The van der Waals surface area contributed by atoms with Crippen LogP contribution in [0.15, 0.2) is 24.4 Å². The van der Waals surface area contributed by atoms with Crippen LogP contribution in [0.3, 0.4) is 0 Å². The summed E-state index contributed by atoms with van der Waals surface area (Å²) in [4.78, 5) is 0. The van der Waals surface area contributed by atoms with Crippen LogP contribution in [0.1, 0.15) is 58.1 Å². The van der Waals surface area contributed by atoms with Crippen LogP contribution >= 0.6 is 0 Å². The lowest BCUT2D eigenvalue weighted by atomic mass is 10.1. The van der Waals surface area contributed by atoms with Gasteiger partial charge in [-0.15, -0.1) is 0 Å². The monoisotopic (exact) mass is 246 g/mol. The van der Waals surface area contributed by atoms with Crippen molar-refractivity contribution in [2.24, 2.45) is 0 Å². The number of rotatable bonds is 8. The van der Waals surface area contributed by atoms with Crippen molar-refractivity contribution in [3.8, 4) is 0 Å². The van der Waals surface area contributed by atoms with Crippen molar-refractivity contribution in [1.82, 2.24) is 0 Å². The lowest BCUT2D eigenvalue weighted by Gasteiger charge is -2.02. The number of unbranched alkanes of at least 4 members (excludes halogenated alkanes) is 4.